The van der Waals surface area contributed by atoms with Gasteiger partial charge in [-0.15, -0.1) is 0 Å². The summed E-state index contributed by atoms with van der Waals surface area (Å²) in [5.74, 6) is 0. The zero-order chi connectivity index (χ0) is 10.8. The van der Waals surface area contributed by atoms with E-state index in [9.17, 15) is 0 Å². The van der Waals surface area contributed by atoms with Gasteiger partial charge in [-0.05, 0) is 25.2 Å². The number of hydrogen-bond donors (Lipinski definition) is 1. The first-order valence-electron chi connectivity index (χ1n) is 5.15. The lowest BCUT2D eigenvalue weighted by atomic mass is 10.2. The molecule has 82 valence electrons. The Balaban J connectivity index is 2.12. The Kier molecular flexibility index (Phi) is 3.03. The number of rotatable bonds is 1. The van der Waals surface area contributed by atoms with E-state index in [0.29, 0.717) is 10.7 Å². The molecule has 4 heteroatoms. The van der Waals surface area contributed by atoms with Gasteiger partial charge in [-0.25, -0.2) is 0 Å². The van der Waals surface area contributed by atoms with Crippen molar-refractivity contribution in [2.24, 2.45) is 0 Å². The maximum Gasteiger partial charge on any atom is 0.0636 e. The molecule has 0 amide bonds. The highest BCUT2D eigenvalue weighted by Crippen LogP contribution is 2.25. The average molecular weight is 226 g/mol. The van der Waals surface area contributed by atoms with Gasteiger partial charge in [-0.2, -0.15) is 0 Å². The molecular weight excluding hydrogens is 210 g/mol. The number of nitrogen functional groups attached to an aromatic ring is 1. The molecule has 15 heavy (non-hydrogen) atoms. The quantitative estimate of drug-likeness (QED) is 0.739. The van der Waals surface area contributed by atoms with Crippen LogP contribution in [-0.4, -0.2) is 38.1 Å². The first-order chi connectivity index (χ1) is 7.16. The Labute approximate surface area is 95.4 Å². The minimum Gasteiger partial charge on any atom is -0.397 e. The average Bonchev–Trinajstić information content (AvgIpc) is 2.23. The monoisotopic (exact) mass is 225 g/mol. The second-order valence-corrected chi connectivity index (χ2v) is 4.40. The zero-order valence-electron chi connectivity index (χ0n) is 8.91. The van der Waals surface area contributed by atoms with E-state index in [1.54, 1.807) is 0 Å². The molecule has 0 saturated carbocycles. The van der Waals surface area contributed by atoms with Gasteiger partial charge in [-0.1, -0.05) is 11.6 Å². The second-order valence-electron chi connectivity index (χ2n) is 4.00. The summed E-state index contributed by atoms with van der Waals surface area (Å²) in [5, 5.41) is 0.632. The molecule has 1 aliphatic heterocycles. The fourth-order valence-corrected chi connectivity index (χ4v) is 1.91. The van der Waals surface area contributed by atoms with Crippen molar-refractivity contribution in [1.82, 2.24) is 4.90 Å². The van der Waals surface area contributed by atoms with Crippen LogP contribution in [0.5, 0.6) is 0 Å². The van der Waals surface area contributed by atoms with Crippen LogP contribution in [0.4, 0.5) is 11.4 Å². The molecule has 1 heterocycles. The van der Waals surface area contributed by atoms with Crippen molar-refractivity contribution in [2.45, 2.75) is 0 Å². The van der Waals surface area contributed by atoms with Crippen LogP contribution in [0.15, 0.2) is 18.2 Å². The number of piperazine rings is 1. The molecule has 1 aromatic rings. The largest absolute Gasteiger partial charge is 0.397 e. The number of benzene rings is 1. The lowest BCUT2D eigenvalue weighted by Crippen LogP contribution is -2.44. The number of anilines is 2. The third-order valence-corrected chi connectivity index (χ3v) is 3.19. The smallest absolute Gasteiger partial charge is 0.0636 e. The second kappa shape index (κ2) is 4.29. The number of likely N-dealkylation sites (N-methyl/N-ethyl adjacent to an activating group) is 1. The standard InChI is InChI=1S/C11H16ClN3/c1-14-4-6-15(7-5-14)9-2-3-10(12)11(13)8-9/h2-3,8H,4-7,13H2,1H3. The molecule has 0 radical (unpaired) electrons. The molecular formula is C11H16ClN3. The molecule has 0 bridgehead atoms. The molecule has 0 aliphatic carbocycles. The van der Waals surface area contributed by atoms with E-state index >= 15 is 0 Å². The van der Waals surface area contributed by atoms with E-state index in [4.69, 9.17) is 17.3 Å². The van der Waals surface area contributed by atoms with E-state index in [1.807, 2.05) is 18.2 Å². The number of nitrogens with two attached hydrogens (primary N) is 1. The number of nitrogens with zero attached hydrogens (tertiary/aromatic N) is 2. The van der Waals surface area contributed by atoms with Crippen molar-refractivity contribution < 1.29 is 0 Å². The van der Waals surface area contributed by atoms with Crippen molar-refractivity contribution in [3.8, 4) is 0 Å². The molecule has 3 nitrogen and oxygen atoms in total. The van der Waals surface area contributed by atoms with Gasteiger partial charge in [0, 0.05) is 31.9 Å². The lowest BCUT2D eigenvalue weighted by Gasteiger charge is -2.34. The molecule has 1 saturated heterocycles. The van der Waals surface area contributed by atoms with E-state index < -0.39 is 0 Å². The SMILES string of the molecule is CN1CCN(c2ccc(Cl)c(N)c2)CC1. The normalized spacial score (nSPS) is 18.1. The summed E-state index contributed by atoms with van der Waals surface area (Å²) in [7, 11) is 2.15. The van der Waals surface area contributed by atoms with Gasteiger partial charge in [-0.3, -0.25) is 0 Å². The predicted molar refractivity (Wildman–Crippen MR) is 65.6 cm³/mol. The summed E-state index contributed by atoms with van der Waals surface area (Å²) in [4.78, 5) is 4.67. The Bertz CT molecular complexity index is 346. The summed E-state index contributed by atoms with van der Waals surface area (Å²) in [6.07, 6.45) is 0. The van der Waals surface area contributed by atoms with Gasteiger partial charge >= 0.3 is 0 Å². The first kappa shape index (κ1) is 10.6. The summed E-state index contributed by atoms with van der Waals surface area (Å²) < 4.78 is 0. The highest BCUT2D eigenvalue weighted by molar-refractivity contribution is 6.33. The van der Waals surface area contributed by atoms with Gasteiger partial charge in [0.15, 0.2) is 0 Å². The van der Waals surface area contributed by atoms with E-state index in [1.165, 1.54) is 5.69 Å². The van der Waals surface area contributed by atoms with Crippen LogP contribution in [0.25, 0.3) is 0 Å². The molecule has 1 aromatic carbocycles. The van der Waals surface area contributed by atoms with Gasteiger partial charge in [0.25, 0.3) is 0 Å². The molecule has 0 spiro atoms. The number of halogens is 1. The Hall–Kier alpha value is -0.930. The number of hydrogen-bond acceptors (Lipinski definition) is 3. The van der Waals surface area contributed by atoms with Gasteiger partial charge in [0.1, 0.15) is 0 Å². The summed E-state index contributed by atoms with van der Waals surface area (Å²) in [6, 6.07) is 5.85. The fourth-order valence-electron chi connectivity index (χ4n) is 1.79. The Morgan fingerprint density at radius 3 is 2.47 bits per heavy atom. The van der Waals surface area contributed by atoms with Crippen LogP contribution in [0.3, 0.4) is 0 Å². The molecule has 2 N–H and O–H groups in total. The molecule has 0 aromatic heterocycles. The minimum absolute atomic E-state index is 0.632. The van der Waals surface area contributed by atoms with E-state index in [0.717, 1.165) is 26.2 Å². The van der Waals surface area contributed by atoms with Crippen molar-refractivity contribution in [2.75, 3.05) is 43.9 Å². The molecule has 0 atom stereocenters. The zero-order valence-corrected chi connectivity index (χ0v) is 9.67. The van der Waals surface area contributed by atoms with Crippen LogP contribution in [-0.2, 0) is 0 Å². The summed E-state index contributed by atoms with van der Waals surface area (Å²) in [5.41, 5.74) is 7.62. The fraction of sp³-hybridized carbons (Fsp3) is 0.455. The van der Waals surface area contributed by atoms with Crippen molar-refractivity contribution >= 4 is 23.0 Å². The van der Waals surface area contributed by atoms with Crippen molar-refractivity contribution in [1.29, 1.82) is 0 Å². The topological polar surface area (TPSA) is 32.5 Å². The van der Waals surface area contributed by atoms with Gasteiger partial charge in [0.05, 0.1) is 10.7 Å². The third-order valence-electron chi connectivity index (χ3n) is 2.85. The molecule has 1 aliphatic rings. The van der Waals surface area contributed by atoms with Crippen LogP contribution in [0.1, 0.15) is 0 Å². The Morgan fingerprint density at radius 1 is 1.20 bits per heavy atom. The highest BCUT2D eigenvalue weighted by Gasteiger charge is 2.14. The lowest BCUT2D eigenvalue weighted by molar-refractivity contribution is 0.313. The van der Waals surface area contributed by atoms with Crippen LogP contribution in [0, 0.1) is 0 Å². The van der Waals surface area contributed by atoms with Crippen molar-refractivity contribution in [3.05, 3.63) is 23.2 Å². The van der Waals surface area contributed by atoms with Crippen LogP contribution in [0.2, 0.25) is 5.02 Å². The predicted octanol–water partition coefficient (Wildman–Crippen LogP) is 1.67. The summed E-state index contributed by atoms with van der Waals surface area (Å²) >= 11 is 5.89. The molecule has 1 fully saturated rings. The Morgan fingerprint density at radius 2 is 1.87 bits per heavy atom. The first-order valence-corrected chi connectivity index (χ1v) is 5.53. The third kappa shape index (κ3) is 2.36. The highest BCUT2D eigenvalue weighted by atomic mass is 35.5. The van der Waals surface area contributed by atoms with Gasteiger partial charge in [0.2, 0.25) is 0 Å². The van der Waals surface area contributed by atoms with Crippen molar-refractivity contribution in [3.63, 3.8) is 0 Å². The summed E-state index contributed by atoms with van der Waals surface area (Å²) in [6.45, 7) is 4.31. The molecule has 2 rings (SSSR count). The van der Waals surface area contributed by atoms with E-state index in [2.05, 4.69) is 16.8 Å². The van der Waals surface area contributed by atoms with E-state index in [-0.39, 0.29) is 0 Å². The van der Waals surface area contributed by atoms with Crippen LogP contribution >= 0.6 is 11.6 Å². The van der Waals surface area contributed by atoms with Gasteiger partial charge < -0.3 is 15.5 Å². The van der Waals surface area contributed by atoms with Crippen LogP contribution < -0.4 is 10.6 Å². The maximum atomic E-state index is 5.89. The minimum atomic E-state index is 0.632. The maximum absolute atomic E-state index is 5.89. The molecule has 0 unspecified atom stereocenters.